The van der Waals surface area contributed by atoms with Gasteiger partial charge in [-0.05, 0) is 60.0 Å². The van der Waals surface area contributed by atoms with Crippen LogP contribution in [0.4, 0.5) is 18.9 Å². The summed E-state index contributed by atoms with van der Waals surface area (Å²) in [6.45, 7) is 1.76. The first-order chi connectivity index (χ1) is 13.4. The van der Waals surface area contributed by atoms with Crippen LogP contribution in [0.5, 0.6) is 5.75 Å². The van der Waals surface area contributed by atoms with E-state index < -0.39 is 23.5 Å². The van der Waals surface area contributed by atoms with Gasteiger partial charge in [0.1, 0.15) is 5.75 Å². The number of hydrogen-bond donors (Lipinski definition) is 2. The predicted octanol–water partition coefficient (Wildman–Crippen LogP) is 5.13. The quantitative estimate of drug-likeness (QED) is 0.456. The zero-order chi connectivity index (χ0) is 20.3. The number of rotatable bonds is 6. The van der Waals surface area contributed by atoms with Crippen LogP contribution in [-0.2, 0) is 0 Å². The third kappa shape index (κ3) is 4.28. The molecule has 1 unspecified atom stereocenters. The molecule has 28 heavy (non-hydrogen) atoms. The van der Waals surface area contributed by atoms with E-state index in [-0.39, 0.29) is 6.04 Å². The number of hydrogen-bond acceptors (Lipinski definition) is 3. The Morgan fingerprint density at radius 2 is 1.50 bits per heavy atom. The highest BCUT2D eigenvalue weighted by Crippen LogP contribution is 2.29. The van der Waals surface area contributed by atoms with Crippen molar-refractivity contribution in [1.82, 2.24) is 5.32 Å². The van der Waals surface area contributed by atoms with Gasteiger partial charge in [-0.1, -0.05) is 24.3 Å². The highest BCUT2D eigenvalue weighted by molar-refractivity contribution is 5.45. The fourth-order valence-electron chi connectivity index (χ4n) is 3.09. The van der Waals surface area contributed by atoms with Crippen LogP contribution in [0, 0.1) is 17.5 Å². The third-order valence-electron chi connectivity index (χ3n) is 4.62. The topological polar surface area (TPSA) is 47.3 Å². The molecule has 0 aliphatic rings. The van der Waals surface area contributed by atoms with Crippen molar-refractivity contribution < 1.29 is 17.9 Å². The lowest BCUT2D eigenvalue weighted by atomic mass is 9.96. The number of anilines is 1. The molecule has 3 aromatic carbocycles. The third-order valence-corrected chi connectivity index (χ3v) is 4.62. The first-order valence-electron chi connectivity index (χ1n) is 8.79. The zero-order valence-electron chi connectivity index (χ0n) is 15.5. The average Bonchev–Trinajstić information content (AvgIpc) is 2.69. The normalized spacial score (nSPS) is 13.2. The first-order valence-corrected chi connectivity index (χ1v) is 8.79. The summed E-state index contributed by atoms with van der Waals surface area (Å²) in [6.07, 6.45) is 0. The molecule has 0 spiro atoms. The number of nitrogen functional groups attached to an aromatic ring is 1. The zero-order valence-corrected chi connectivity index (χ0v) is 15.5. The number of nitrogens with one attached hydrogen (secondary N) is 1. The highest BCUT2D eigenvalue weighted by atomic mass is 19.2. The Labute approximate surface area is 162 Å². The smallest absolute Gasteiger partial charge is 0.194 e. The van der Waals surface area contributed by atoms with E-state index in [1.165, 1.54) is 0 Å². The molecule has 3 rings (SSSR count). The van der Waals surface area contributed by atoms with E-state index in [0.29, 0.717) is 17.0 Å². The van der Waals surface area contributed by atoms with E-state index in [4.69, 9.17) is 10.5 Å². The number of methoxy groups -OCH3 is 1. The lowest BCUT2D eigenvalue weighted by Gasteiger charge is -2.25. The van der Waals surface area contributed by atoms with Crippen molar-refractivity contribution in [3.63, 3.8) is 0 Å². The Bertz CT molecular complexity index is 937. The Kier molecular flexibility index (Phi) is 5.90. The summed E-state index contributed by atoms with van der Waals surface area (Å²) in [4.78, 5) is 0. The molecule has 6 heteroatoms. The van der Waals surface area contributed by atoms with Crippen molar-refractivity contribution in [2.45, 2.75) is 19.0 Å². The Morgan fingerprint density at radius 1 is 0.857 bits per heavy atom. The summed E-state index contributed by atoms with van der Waals surface area (Å²) in [5.74, 6) is -3.19. The van der Waals surface area contributed by atoms with Crippen LogP contribution in [0.1, 0.15) is 35.7 Å². The second-order valence-corrected chi connectivity index (χ2v) is 6.56. The Hall–Kier alpha value is -2.99. The Balaban J connectivity index is 1.96. The lowest BCUT2D eigenvalue weighted by Crippen LogP contribution is -2.26. The second kappa shape index (κ2) is 8.35. The van der Waals surface area contributed by atoms with Crippen LogP contribution < -0.4 is 15.8 Å². The molecule has 0 radical (unpaired) electrons. The van der Waals surface area contributed by atoms with Gasteiger partial charge in [-0.15, -0.1) is 0 Å². The standard InChI is InChI=1S/C22H21F3N2O/c1-13(16-11-19(23)21(25)20(24)12-16)27-22(15-4-3-5-17(26)10-15)14-6-8-18(28-2)9-7-14/h3-13,22,27H,26H2,1-2H3/t13-,22?/m1/s1. The van der Waals surface area contributed by atoms with E-state index in [1.54, 1.807) is 20.1 Å². The van der Waals surface area contributed by atoms with Crippen molar-refractivity contribution >= 4 is 5.69 Å². The predicted molar refractivity (Wildman–Crippen MR) is 104 cm³/mol. The van der Waals surface area contributed by atoms with Gasteiger partial charge in [0, 0.05) is 11.7 Å². The highest BCUT2D eigenvalue weighted by Gasteiger charge is 2.20. The summed E-state index contributed by atoms with van der Waals surface area (Å²) < 4.78 is 45.8. The summed E-state index contributed by atoms with van der Waals surface area (Å²) in [7, 11) is 1.59. The van der Waals surface area contributed by atoms with Gasteiger partial charge in [0.2, 0.25) is 0 Å². The van der Waals surface area contributed by atoms with Gasteiger partial charge in [0.25, 0.3) is 0 Å². The molecule has 0 fully saturated rings. The van der Waals surface area contributed by atoms with Crippen molar-refractivity contribution in [3.8, 4) is 5.75 Å². The van der Waals surface area contributed by atoms with Gasteiger partial charge >= 0.3 is 0 Å². The number of nitrogens with two attached hydrogens (primary N) is 1. The minimum Gasteiger partial charge on any atom is -0.497 e. The van der Waals surface area contributed by atoms with Gasteiger partial charge in [-0.3, -0.25) is 5.32 Å². The fourth-order valence-corrected chi connectivity index (χ4v) is 3.09. The number of benzene rings is 3. The minimum atomic E-state index is -1.47. The van der Waals surface area contributed by atoms with E-state index >= 15 is 0 Å². The molecule has 0 amide bonds. The van der Waals surface area contributed by atoms with E-state index in [9.17, 15) is 13.2 Å². The van der Waals surface area contributed by atoms with Crippen molar-refractivity contribution in [3.05, 3.63) is 94.8 Å². The molecular formula is C22H21F3N2O. The lowest BCUT2D eigenvalue weighted by molar-refractivity contribution is 0.414. The molecule has 3 nitrogen and oxygen atoms in total. The largest absolute Gasteiger partial charge is 0.497 e. The molecule has 0 aliphatic carbocycles. The van der Waals surface area contributed by atoms with Crippen LogP contribution >= 0.6 is 0 Å². The average molecular weight is 386 g/mol. The summed E-state index contributed by atoms with van der Waals surface area (Å²) in [6, 6.07) is 16.1. The van der Waals surface area contributed by atoms with Gasteiger partial charge in [-0.2, -0.15) is 0 Å². The fraction of sp³-hybridized carbons (Fsp3) is 0.182. The Morgan fingerprint density at radius 3 is 2.07 bits per heavy atom. The molecule has 146 valence electrons. The maximum Gasteiger partial charge on any atom is 0.194 e. The molecule has 0 aliphatic heterocycles. The summed E-state index contributed by atoms with van der Waals surface area (Å²) in [5, 5.41) is 3.35. The monoisotopic (exact) mass is 386 g/mol. The summed E-state index contributed by atoms with van der Waals surface area (Å²) in [5.41, 5.74) is 8.64. The SMILES string of the molecule is COc1ccc(C(N[C@H](C)c2cc(F)c(F)c(F)c2)c2cccc(N)c2)cc1. The van der Waals surface area contributed by atoms with Crippen LogP contribution in [0.25, 0.3) is 0 Å². The maximum atomic E-state index is 13.6. The van der Waals surface area contributed by atoms with E-state index in [2.05, 4.69) is 5.32 Å². The number of ether oxygens (including phenoxy) is 1. The first kappa shape index (κ1) is 19.8. The van der Waals surface area contributed by atoms with Gasteiger partial charge < -0.3 is 10.5 Å². The molecule has 0 saturated carbocycles. The van der Waals surface area contributed by atoms with E-state index in [0.717, 1.165) is 23.3 Å². The van der Waals surface area contributed by atoms with Gasteiger partial charge in [0.05, 0.1) is 13.2 Å². The molecular weight excluding hydrogens is 365 g/mol. The number of halogens is 3. The summed E-state index contributed by atoms with van der Waals surface area (Å²) >= 11 is 0. The van der Waals surface area contributed by atoms with Gasteiger partial charge in [-0.25, -0.2) is 13.2 Å². The minimum absolute atomic E-state index is 0.304. The van der Waals surface area contributed by atoms with Crippen molar-refractivity contribution in [1.29, 1.82) is 0 Å². The van der Waals surface area contributed by atoms with Crippen LogP contribution in [0.15, 0.2) is 60.7 Å². The molecule has 3 aromatic rings. The molecule has 0 bridgehead atoms. The molecule has 3 N–H and O–H groups in total. The molecule has 0 saturated heterocycles. The maximum absolute atomic E-state index is 13.6. The second-order valence-electron chi connectivity index (χ2n) is 6.56. The van der Waals surface area contributed by atoms with Gasteiger partial charge in [0.15, 0.2) is 17.5 Å². The van der Waals surface area contributed by atoms with Crippen molar-refractivity contribution in [2.24, 2.45) is 0 Å². The van der Waals surface area contributed by atoms with Crippen LogP contribution in [0.2, 0.25) is 0 Å². The van der Waals surface area contributed by atoms with Crippen molar-refractivity contribution in [2.75, 3.05) is 12.8 Å². The molecule has 0 heterocycles. The molecule has 2 atom stereocenters. The molecule has 0 aromatic heterocycles. The van der Waals surface area contributed by atoms with Crippen LogP contribution in [0.3, 0.4) is 0 Å². The van der Waals surface area contributed by atoms with E-state index in [1.807, 2.05) is 42.5 Å². The van der Waals surface area contributed by atoms with Crippen LogP contribution in [-0.4, -0.2) is 7.11 Å².